The maximum atomic E-state index is 13.4. The Morgan fingerprint density at radius 3 is 1.08 bits per heavy atom. The van der Waals surface area contributed by atoms with Crippen molar-refractivity contribution < 1.29 is 262 Å². The van der Waals surface area contributed by atoms with Crippen LogP contribution in [0.1, 0.15) is 48.0 Å². The Kier molecular flexibility index (Phi) is 38.4. The van der Waals surface area contributed by atoms with Gasteiger partial charge in [0.25, 0.3) is 5.79 Å². The number of carbonyl (C=O) groups excluding carboxylic acids is 5. The number of carboxylic acids is 1. The zero-order valence-electron chi connectivity index (χ0n) is 70.7. The third kappa shape index (κ3) is 23.9. The van der Waals surface area contributed by atoms with Crippen LogP contribution in [0.5, 0.6) is 0 Å². The summed E-state index contributed by atoms with van der Waals surface area (Å²) in [5, 5.41) is 326. The first-order chi connectivity index (χ1) is 61.8. The Labute approximate surface area is 741 Å². The molecule has 0 bridgehead atoms. The molecule has 33 N–H and O–H groups in total. The molecule has 0 aromatic heterocycles. The highest BCUT2D eigenvalue weighted by Crippen LogP contribution is 2.43. The lowest BCUT2D eigenvalue weighted by molar-refractivity contribution is -0.393. The number of aliphatic hydroxyl groups is 27. The fraction of sp³-hybridized carbons (Fsp3) is 0.918. The van der Waals surface area contributed by atoms with Gasteiger partial charge in [-0.1, -0.05) is 0 Å². The number of rotatable bonds is 35. The first-order valence-corrected chi connectivity index (χ1v) is 41.6. The molecule has 756 valence electrons. The van der Waals surface area contributed by atoms with Crippen molar-refractivity contribution in [1.29, 1.82) is 0 Å². The first-order valence-electron chi connectivity index (χ1n) is 41.6. The van der Waals surface area contributed by atoms with Gasteiger partial charge in [0.15, 0.2) is 56.6 Å². The summed E-state index contributed by atoms with van der Waals surface area (Å²) < 4.78 is 112. The average Bonchev–Trinajstić information content (AvgIpc) is 0.746. The fourth-order valence-electron chi connectivity index (χ4n) is 17.0. The summed E-state index contributed by atoms with van der Waals surface area (Å²) in [6, 6.07) is -9.61. The summed E-state index contributed by atoms with van der Waals surface area (Å²) in [5.41, 5.74) is 0. The van der Waals surface area contributed by atoms with E-state index in [1.165, 1.54) is 6.92 Å². The number of hydrogen-bond donors (Lipinski definition) is 33. The molecule has 0 spiro atoms. The number of carbonyl (C=O) groups is 6. The molecule has 0 aromatic rings. The van der Waals surface area contributed by atoms with Crippen LogP contribution in [0.4, 0.5) is 0 Å². The van der Waals surface area contributed by atoms with Crippen molar-refractivity contribution in [3.8, 4) is 0 Å². The lowest BCUT2D eigenvalue weighted by Gasteiger charge is -2.51. The number of ether oxygens (including phenoxy) is 19. The summed E-state index contributed by atoms with van der Waals surface area (Å²) in [7, 11) is 0. The van der Waals surface area contributed by atoms with Crippen LogP contribution in [0.25, 0.3) is 0 Å². The minimum Gasteiger partial charge on any atom is -0.477 e. The monoisotopic (exact) mass is 1920 g/mol. The maximum Gasteiger partial charge on any atom is 0.364 e. The molecule has 0 aliphatic carbocycles. The van der Waals surface area contributed by atoms with E-state index in [0.717, 1.165) is 34.6 Å². The van der Waals surface area contributed by atoms with Crippen molar-refractivity contribution in [1.82, 2.24) is 26.6 Å². The Balaban J connectivity index is 0.961. The van der Waals surface area contributed by atoms with Crippen molar-refractivity contribution in [2.45, 2.75) is 360 Å². The predicted molar refractivity (Wildman–Crippen MR) is 403 cm³/mol. The minimum atomic E-state index is -3.33. The van der Waals surface area contributed by atoms with Gasteiger partial charge in [-0.25, -0.2) is 4.79 Å². The topological polar surface area (TPSA) is 904 Å². The van der Waals surface area contributed by atoms with Crippen molar-refractivity contribution in [2.24, 2.45) is 0 Å². The number of carboxylic acid groups (broad SMARTS) is 1. The van der Waals surface area contributed by atoms with E-state index in [4.69, 9.17) is 90.0 Å². The number of aliphatic hydroxyl groups excluding tert-OH is 27. The minimum absolute atomic E-state index is 0.793. The van der Waals surface area contributed by atoms with Crippen LogP contribution in [0, 0.1) is 0 Å². The molecule has 58 nitrogen and oxygen atoms in total. The molecule has 10 heterocycles. The van der Waals surface area contributed by atoms with Crippen molar-refractivity contribution in [2.75, 3.05) is 59.5 Å². The fourth-order valence-corrected chi connectivity index (χ4v) is 17.0. The Morgan fingerprint density at radius 2 is 0.656 bits per heavy atom. The molecule has 5 amide bonds. The van der Waals surface area contributed by atoms with Gasteiger partial charge in [-0.15, -0.1) is 0 Å². The number of hydrogen-bond acceptors (Lipinski definition) is 52. The molecule has 10 rings (SSSR count). The highest BCUT2D eigenvalue weighted by molar-refractivity contribution is 5.77. The molecule has 1 unspecified atom stereocenters. The van der Waals surface area contributed by atoms with Crippen LogP contribution in [0.15, 0.2) is 0 Å². The highest BCUT2D eigenvalue weighted by atomic mass is 16.8. The summed E-state index contributed by atoms with van der Waals surface area (Å²) in [6.45, 7) is -4.77. The van der Waals surface area contributed by atoms with Crippen molar-refractivity contribution in [3.63, 3.8) is 0 Å². The molecule has 10 saturated heterocycles. The average molecular weight is 1920 g/mol. The number of nitrogens with one attached hydrogen (secondary N) is 5. The molecular weight excluding hydrogens is 1790 g/mol. The standard InChI is InChI=1S/C73H121N5O53/c1-17-38(94)48(104)50(106)67(114-17)129-62-49(105)40(96)25(9-80)118-71(62)126-57-29(13-84)119-64(35(45(57)101)76-20(4)89)113-16-32-43(99)60(52(108)69(122-32)124-55-30(14-85)120-65(36(46(55)102)77-21(5)90)127-59-41(97)26(10-81)116-68(51(59)107)123-54-28(12-83)115-63(110)34(44(54)100)75-19(3)88)128-66-37(78-22(6)91)47(103)56(31(15-86)121-66)125-70-53(109)61(42(98)27(11-82)117-70)131-73(72(111)112)7-23(92)33(74-18(2)87)58(130-73)39(95)24(93)8-79/h17,23-71,79-86,92-110H,7-16H2,1-6H3,(H,74,87)(H,75,88)(H,76,89)(H,77,90)(H,78,91)(H,111,112)/t17-,23-,24+,25+,26+,27+,28+,29+,30+,31+,32+,33+,34+,35+,36+,37+,38+,39+,40-,41-,42-,43-,44+,45+,46+,47+,48+,49-,50-,51+,52+,53+,54+,55+,56+,57+,58+,59-,60-,61-,62+,63?,64+,65-,66-,67-,68-,69-,70-,71-,73-/m0/s1. The van der Waals surface area contributed by atoms with Gasteiger partial charge in [0, 0.05) is 41.0 Å². The summed E-state index contributed by atoms with van der Waals surface area (Å²) in [5.74, 6) is -10.3. The lowest BCUT2D eigenvalue weighted by Crippen LogP contribution is -2.71. The van der Waals surface area contributed by atoms with Crippen LogP contribution in [0.3, 0.4) is 0 Å². The van der Waals surface area contributed by atoms with Crippen LogP contribution in [0.2, 0.25) is 0 Å². The zero-order valence-corrected chi connectivity index (χ0v) is 70.7. The van der Waals surface area contributed by atoms with E-state index in [-0.39, 0.29) is 0 Å². The second-order valence-electron chi connectivity index (χ2n) is 33.1. The van der Waals surface area contributed by atoms with E-state index in [1.807, 2.05) is 0 Å². The quantitative estimate of drug-likeness (QED) is 0.0280. The predicted octanol–water partition coefficient (Wildman–Crippen LogP) is -21.9. The van der Waals surface area contributed by atoms with E-state index in [1.54, 1.807) is 0 Å². The van der Waals surface area contributed by atoms with Gasteiger partial charge in [0.2, 0.25) is 29.5 Å². The van der Waals surface area contributed by atoms with Gasteiger partial charge >= 0.3 is 5.97 Å². The van der Waals surface area contributed by atoms with Gasteiger partial charge in [0.1, 0.15) is 232 Å². The largest absolute Gasteiger partial charge is 0.477 e. The van der Waals surface area contributed by atoms with Crippen LogP contribution in [-0.4, -0.2) is 550 Å². The van der Waals surface area contributed by atoms with Crippen molar-refractivity contribution >= 4 is 35.5 Å². The zero-order chi connectivity index (χ0) is 96.9. The molecule has 10 fully saturated rings. The summed E-state index contributed by atoms with van der Waals surface area (Å²) >= 11 is 0. The molecule has 131 heavy (non-hydrogen) atoms. The molecule has 0 saturated carbocycles. The third-order valence-electron chi connectivity index (χ3n) is 23.8. The molecule has 51 atom stereocenters. The summed E-state index contributed by atoms with van der Waals surface area (Å²) in [4.78, 5) is 77.5. The smallest absolute Gasteiger partial charge is 0.364 e. The van der Waals surface area contributed by atoms with Crippen LogP contribution < -0.4 is 26.6 Å². The lowest BCUT2D eigenvalue weighted by atomic mass is 9.88. The Hall–Kier alpha value is -5.02. The van der Waals surface area contributed by atoms with Gasteiger partial charge < -0.3 is 260 Å². The van der Waals surface area contributed by atoms with Gasteiger partial charge in [0.05, 0.1) is 77.7 Å². The third-order valence-corrected chi connectivity index (χ3v) is 23.8. The van der Waals surface area contributed by atoms with Crippen molar-refractivity contribution in [3.05, 3.63) is 0 Å². The van der Waals surface area contributed by atoms with Gasteiger partial charge in [-0.2, -0.15) is 0 Å². The molecular formula is C73H121N5O53. The Bertz CT molecular complexity index is 3670. The summed E-state index contributed by atoms with van der Waals surface area (Å²) in [6.07, 6.45) is -97.5. The van der Waals surface area contributed by atoms with E-state index in [9.17, 15) is 172 Å². The second-order valence-corrected chi connectivity index (χ2v) is 33.1. The first kappa shape index (κ1) is 108. The van der Waals surface area contributed by atoms with Crippen LogP contribution >= 0.6 is 0 Å². The molecule has 0 aromatic carbocycles. The van der Waals surface area contributed by atoms with Crippen LogP contribution in [-0.2, 0) is 119 Å². The van der Waals surface area contributed by atoms with E-state index < -0.39 is 414 Å². The number of amides is 5. The Morgan fingerprint density at radius 1 is 0.328 bits per heavy atom. The SMILES string of the molecule is CC(=O)N[C@H]1[C@H](O[C@H]2[C@@H](O)[C@@H](CO[C@@H]3O[C@H](CO)[C@@H](O[C@@H]4O[C@H](CO)[C@H](O)[C@H](O)[C@H]4O[C@@H]4O[C@@H](C)[C@@H](O)[C@@H](O)[C@@H]4O)[C@H](O)[C@H]3NC(C)=O)O[C@@H](O[C@H]3[C@H](O)[C@@H](NC(C)=O)[C@H](O[C@H]4[C@@H](O)[C@@H](CO)O[C@@H](O[C@H]5[C@H](O)[C@@H](NC(C)=O)C(O)O[C@@H]5CO)[C@@H]4O)O[C@@H]3CO)[C@@H]2O)O[C@H](CO)[C@@H](O[C@@H]2O[C@H](CO)[C@H](O)[C@H](O[C@]3(C(=O)O)C[C@H](O)[C@@H](NC(C)=O)[C@H]([C@H](O)[C@H](O)CO)O3)[C@H]2O)[C@@H]1O. The maximum absolute atomic E-state index is 13.4. The number of aliphatic carboxylic acids is 1. The normalized spacial score (nSPS) is 47.5. The highest BCUT2D eigenvalue weighted by Gasteiger charge is 2.64. The van der Waals surface area contributed by atoms with E-state index in [0.29, 0.717) is 0 Å². The van der Waals surface area contributed by atoms with Gasteiger partial charge in [-0.3, -0.25) is 24.0 Å². The van der Waals surface area contributed by atoms with E-state index >= 15 is 0 Å². The molecule has 10 aliphatic rings. The second kappa shape index (κ2) is 46.6. The van der Waals surface area contributed by atoms with E-state index in [2.05, 4.69) is 26.6 Å². The molecule has 10 aliphatic heterocycles. The molecule has 0 radical (unpaired) electrons. The molecule has 58 heteroatoms. The van der Waals surface area contributed by atoms with Gasteiger partial charge in [-0.05, 0) is 6.92 Å².